The molecule has 0 radical (unpaired) electrons. The van der Waals surface area contributed by atoms with Crippen LogP contribution in [-0.4, -0.2) is 25.1 Å². The number of nitrogens with two attached hydrogens (primary N) is 1. The van der Waals surface area contributed by atoms with Crippen molar-refractivity contribution >= 4 is 5.91 Å². The summed E-state index contributed by atoms with van der Waals surface area (Å²) in [4.78, 5) is 11.6. The fourth-order valence-electron chi connectivity index (χ4n) is 1.82. The molecule has 1 aliphatic rings. The molecule has 1 fully saturated rings. The topological polar surface area (TPSA) is 64.3 Å². The van der Waals surface area contributed by atoms with Crippen molar-refractivity contribution in [3.05, 3.63) is 30.1 Å². The van der Waals surface area contributed by atoms with Crippen LogP contribution in [0.1, 0.15) is 12.8 Å². The minimum atomic E-state index is -0.470. The number of carbonyl (C=O) groups excluding carboxylic acids is 1. The molecule has 5 heteroatoms. The van der Waals surface area contributed by atoms with Crippen LogP contribution in [0.15, 0.2) is 24.3 Å². The lowest BCUT2D eigenvalue weighted by molar-refractivity contribution is -0.123. The molecule has 3 N–H and O–H groups in total. The van der Waals surface area contributed by atoms with Crippen LogP contribution in [0.25, 0.3) is 0 Å². The Morgan fingerprint density at radius 1 is 1.50 bits per heavy atom. The Balaban J connectivity index is 1.79. The lowest BCUT2D eigenvalue weighted by atomic mass is 10.2. The minimum absolute atomic E-state index is 0.0155. The first-order valence-corrected chi connectivity index (χ1v) is 6.07. The molecule has 0 aromatic heterocycles. The summed E-state index contributed by atoms with van der Waals surface area (Å²) in [7, 11) is 0. The molecule has 0 heterocycles. The van der Waals surface area contributed by atoms with Crippen molar-refractivity contribution in [2.75, 3.05) is 13.2 Å². The van der Waals surface area contributed by atoms with Gasteiger partial charge in [-0.2, -0.15) is 0 Å². The van der Waals surface area contributed by atoms with E-state index in [-0.39, 0.29) is 24.3 Å². The van der Waals surface area contributed by atoms with E-state index in [4.69, 9.17) is 10.5 Å². The van der Waals surface area contributed by atoms with Gasteiger partial charge in [0.15, 0.2) is 18.2 Å². The number of benzene rings is 1. The van der Waals surface area contributed by atoms with Crippen LogP contribution in [-0.2, 0) is 4.79 Å². The summed E-state index contributed by atoms with van der Waals surface area (Å²) in [6.45, 7) is 0.236. The summed E-state index contributed by atoms with van der Waals surface area (Å²) in [5, 5.41) is 2.81. The summed E-state index contributed by atoms with van der Waals surface area (Å²) in [5.74, 6) is -0.153. The van der Waals surface area contributed by atoms with Crippen LogP contribution in [0, 0.1) is 11.7 Å². The zero-order valence-electron chi connectivity index (χ0n) is 10.1. The lowest BCUT2D eigenvalue weighted by Gasteiger charge is -2.16. The Morgan fingerprint density at radius 3 is 2.83 bits per heavy atom. The van der Waals surface area contributed by atoms with Gasteiger partial charge in [0.1, 0.15) is 0 Å². The highest BCUT2D eigenvalue weighted by molar-refractivity contribution is 5.78. The summed E-state index contributed by atoms with van der Waals surface area (Å²) in [6.07, 6.45) is 2.21. The Morgan fingerprint density at radius 2 is 2.22 bits per heavy atom. The molecule has 1 aromatic carbocycles. The van der Waals surface area contributed by atoms with E-state index >= 15 is 0 Å². The number of para-hydroxylation sites is 1. The number of carbonyl (C=O) groups is 1. The van der Waals surface area contributed by atoms with Crippen molar-refractivity contribution in [3.8, 4) is 5.75 Å². The SMILES string of the molecule is NCC(NC(=O)COc1ccccc1F)C1CC1. The Hall–Kier alpha value is -1.62. The molecule has 1 saturated carbocycles. The van der Waals surface area contributed by atoms with E-state index in [0.717, 1.165) is 12.8 Å². The number of nitrogens with one attached hydrogen (secondary N) is 1. The van der Waals surface area contributed by atoms with Gasteiger partial charge in [-0.1, -0.05) is 12.1 Å². The molecular weight excluding hydrogens is 235 g/mol. The van der Waals surface area contributed by atoms with Gasteiger partial charge in [-0.25, -0.2) is 4.39 Å². The van der Waals surface area contributed by atoms with Gasteiger partial charge >= 0.3 is 0 Å². The monoisotopic (exact) mass is 252 g/mol. The van der Waals surface area contributed by atoms with Crippen LogP contribution in [0.5, 0.6) is 5.75 Å². The molecular formula is C13H17FN2O2. The number of hydrogen-bond donors (Lipinski definition) is 2. The van der Waals surface area contributed by atoms with Gasteiger partial charge in [-0.3, -0.25) is 4.79 Å². The molecule has 0 saturated heterocycles. The first kappa shape index (κ1) is 12.8. The van der Waals surface area contributed by atoms with Crippen molar-refractivity contribution < 1.29 is 13.9 Å². The standard InChI is InChI=1S/C13H17FN2O2/c14-10-3-1-2-4-12(10)18-8-13(17)16-11(7-15)9-5-6-9/h1-4,9,11H,5-8,15H2,(H,16,17). The zero-order chi connectivity index (χ0) is 13.0. The smallest absolute Gasteiger partial charge is 0.258 e. The van der Waals surface area contributed by atoms with Crippen molar-refractivity contribution in [1.82, 2.24) is 5.32 Å². The molecule has 18 heavy (non-hydrogen) atoms. The highest BCUT2D eigenvalue weighted by Gasteiger charge is 2.31. The van der Waals surface area contributed by atoms with E-state index in [2.05, 4.69) is 5.32 Å². The normalized spacial score (nSPS) is 16.1. The molecule has 2 rings (SSSR count). The average molecular weight is 252 g/mol. The van der Waals surface area contributed by atoms with E-state index in [1.807, 2.05) is 0 Å². The van der Waals surface area contributed by atoms with Gasteiger partial charge < -0.3 is 15.8 Å². The Kier molecular flexibility index (Phi) is 4.15. The second kappa shape index (κ2) is 5.82. The van der Waals surface area contributed by atoms with Crippen LogP contribution in [0.4, 0.5) is 4.39 Å². The van der Waals surface area contributed by atoms with Gasteiger partial charge in [-0.15, -0.1) is 0 Å². The average Bonchev–Trinajstić information content (AvgIpc) is 3.19. The third-order valence-corrected chi connectivity index (χ3v) is 2.99. The van der Waals surface area contributed by atoms with Crippen molar-refractivity contribution in [1.29, 1.82) is 0 Å². The molecule has 1 amide bonds. The number of rotatable bonds is 6. The predicted molar refractivity (Wildman–Crippen MR) is 65.6 cm³/mol. The molecule has 0 aliphatic heterocycles. The fraction of sp³-hybridized carbons (Fsp3) is 0.462. The number of ether oxygens (including phenoxy) is 1. The third kappa shape index (κ3) is 3.43. The molecule has 1 unspecified atom stereocenters. The van der Waals surface area contributed by atoms with Gasteiger partial charge in [0, 0.05) is 12.6 Å². The first-order valence-electron chi connectivity index (χ1n) is 6.07. The second-order valence-electron chi connectivity index (χ2n) is 4.47. The Labute approximate surface area is 105 Å². The number of halogens is 1. The maximum Gasteiger partial charge on any atom is 0.258 e. The summed E-state index contributed by atoms with van der Waals surface area (Å²) in [6, 6.07) is 6.02. The van der Waals surface area contributed by atoms with Crippen molar-refractivity contribution in [2.24, 2.45) is 11.7 Å². The molecule has 98 valence electrons. The third-order valence-electron chi connectivity index (χ3n) is 2.99. The van der Waals surface area contributed by atoms with Crippen LogP contribution in [0.3, 0.4) is 0 Å². The van der Waals surface area contributed by atoms with Crippen LogP contribution in [0.2, 0.25) is 0 Å². The molecule has 1 aliphatic carbocycles. The lowest BCUT2D eigenvalue weighted by Crippen LogP contribution is -2.43. The van der Waals surface area contributed by atoms with Crippen molar-refractivity contribution in [3.63, 3.8) is 0 Å². The van der Waals surface area contributed by atoms with E-state index in [1.165, 1.54) is 12.1 Å². The largest absolute Gasteiger partial charge is 0.481 e. The number of hydrogen-bond acceptors (Lipinski definition) is 3. The van der Waals surface area contributed by atoms with E-state index in [0.29, 0.717) is 12.5 Å². The van der Waals surface area contributed by atoms with Crippen LogP contribution < -0.4 is 15.8 Å². The highest BCUT2D eigenvalue weighted by Crippen LogP contribution is 2.32. The zero-order valence-corrected chi connectivity index (χ0v) is 10.1. The summed E-state index contributed by atoms with van der Waals surface area (Å²) < 4.78 is 18.3. The first-order chi connectivity index (χ1) is 8.70. The second-order valence-corrected chi connectivity index (χ2v) is 4.47. The molecule has 4 nitrogen and oxygen atoms in total. The van der Waals surface area contributed by atoms with Gasteiger partial charge in [-0.05, 0) is 30.9 Å². The molecule has 1 atom stereocenters. The maximum atomic E-state index is 13.2. The molecule has 0 spiro atoms. The van der Waals surface area contributed by atoms with Crippen LogP contribution >= 0.6 is 0 Å². The Bertz CT molecular complexity index is 421. The van der Waals surface area contributed by atoms with Crippen molar-refractivity contribution in [2.45, 2.75) is 18.9 Å². The summed E-state index contributed by atoms with van der Waals surface area (Å²) >= 11 is 0. The highest BCUT2D eigenvalue weighted by atomic mass is 19.1. The molecule has 0 bridgehead atoms. The van der Waals surface area contributed by atoms with Gasteiger partial charge in [0.25, 0.3) is 5.91 Å². The van der Waals surface area contributed by atoms with E-state index < -0.39 is 5.82 Å². The molecule has 1 aromatic rings. The quantitative estimate of drug-likeness (QED) is 0.795. The van der Waals surface area contributed by atoms with Gasteiger partial charge in [0.05, 0.1) is 0 Å². The maximum absolute atomic E-state index is 13.2. The minimum Gasteiger partial charge on any atom is -0.481 e. The summed E-state index contributed by atoms with van der Waals surface area (Å²) in [5.41, 5.74) is 5.58. The fourth-order valence-corrected chi connectivity index (χ4v) is 1.82. The van der Waals surface area contributed by atoms with E-state index in [9.17, 15) is 9.18 Å². The number of amides is 1. The van der Waals surface area contributed by atoms with E-state index in [1.54, 1.807) is 12.1 Å². The predicted octanol–water partition coefficient (Wildman–Crippen LogP) is 1.06. The van der Waals surface area contributed by atoms with Gasteiger partial charge in [0.2, 0.25) is 0 Å².